The van der Waals surface area contributed by atoms with Gasteiger partial charge in [0, 0.05) is 0 Å². The molecule has 0 aromatic heterocycles. The number of benzene rings is 4. The standard InChI is InChI=1S/C31H32O2/c1-22(2)23-6-8-24(9-7-23)25-10-14-27(15-11-25)32-29-18-20-30(21-19-29)33-28-16-12-26(13-17-28)31(3,4)5/h6-22H,1-5H3. The van der Waals surface area contributed by atoms with Crippen LogP contribution >= 0.6 is 0 Å². The van der Waals surface area contributed by atoms with Crippen molar-refractivity contribution in [2.45, 2.75) is 46.0 Å². The summed E-state index contributed by atoms with van der Waals surface area (Å²) in [5.41, 5.74) is 5.17. The first-order valence-electron chi connectivity index (χ1n) is 11.5. The van der Waals surface area contributed by atoms with Crippen LogP contribution in [0.1, 0.15) is 51.7 Å². The molecule has 33 heavy (non-hydrogen) atoms. The second-order valence-electron chi connectivity index (χ2n) is 9.75. The molecule has 2 nitrogen and oxygen atoms in total. The summed E-state index contributed by atoms with van der Waals surface area (Å²) in [6, 6.07) is 33.0. The lowest BCUT2D eigenvalue weighted by molar-refractivity contribution is 0.469. The monoisotopic (exact) mass is 436 g/mol. The lowest BCUT2D eigenvalue weighted by Gasteiger charge is -2.19. The fourth-order valence-corrected chi connectivity index (χ4v) is 3.65. The van der Waals surface area contributed by atoms with E-state index in [2.05, 4.69) is 83.1 Å². The molecule has 2 heteroatoms. The Balaban J connectivity index is 1.37. The van der Waals surface area contributed by atoms with Crippen molar-refractivity contribution in [3.8, 4) is 34.1 Å². The van der Waals surface area contributed by atoms with Crippen molar-refractivity contribution in [3.05, 3.63) is 108 Å². The molecular formula is C31H32O2. The molecule has 4 aromatic rings. The minimum atomic E-state index is 0.133. The summed E-state index contributed by atoms with van der Waals surface area (Å²) in [5.74, 6) is 3.74. The first-order valence-corrected chi connectivity index (χ1v) is 11.5. The maximum absolute atomic E-state index is 6.02. The van der Waals surface area contributed by atoms with Crippen molar-refractivity contribution in [1.29, 1.82) is 0 Å². The molecule has 0 unspecified atom stereocenters. The van der Waals surface area contributed by atoms with Gasteiger partial charge in [-0.3, -0.25) is 0 Å². The zero-order chi connectivity index (χ0) is 23.4. The van der Waals surface area contributed by atoms with Crippen LogP contribution in [0.3, 0.4) is 0 Å². The van der Waals surface area contributed by atoms with Gasteiger partial charge in [0.15, 0.2) is 0 Å². The molecule has 0 aliphatic carbocycles. The smallest absolute Gasteiger partial charge is 0.127 e. The van der Waals surface area contributed by atoms with Crippen LogP contribution in [-0.2, 0) is 5.41 Å². The van der Waals surface area contributed by atoms with Crippen LogP contribution in [0.5, 0.6) is 23.0 Å². The highest BCUT2D eigenvalue weighted by atomic mass is 16.5. The molecule has 4 aromatic carbocycles. The third kappa shape index (κ3) is 5.84. The Morgan fingerprint density at radius 2 is 0.818 bits per heavy atom. The first-order chi connectivity index (χ1) is 15.8. The first kappa shape index (κ1) is 22.7. The summed E-state index contributed by atoms with van der Waals surface area (Å²) in [6.45, 7) is 11.0. The van der Waals surface area contributed by atoms with Gasteiger partial charge in [0.1, 0.15) is 23.0 Å². The summed E-state index contributed by atoms with van der Waals surface area (Å²) < 4.78 is 12.0. The molecule has 0 aliphatic rings. The summed E-state index contributed by atoms with van der Waals surface area (Å²) in [7, 11) is 0. The highest BCUT2D eigenvalue weighted by Crippen LogP contribution is 2.30. The molecule has 0 spiro atoms. The molecule has 0 heterocycles. The van der Waals surface area contributed by atoms with Crippen LogP contribution in [0.25, 0.3) is 11.1 Å². The van der Waals surface area contributed by atoms with Gasteiger partial charge in [0.25, 0.3) is 0 Å². The van der Waals surface area contributed by atoms with Gasteiger partial charge in [-0.1, -0.05) is 83.1 Å². The van der Waals surface area contributed by atoms with Crippen LogP contribution in [0.4, 0.5) is 0 Å². The fourth-order valence-electron chi connectivity index (χ4n) is 3.65. The lowest BCUT2D eigenvalue weighted by atomic mass is 9.87. The van der Waals surface area contributed by atoms with Gasteiger partial charge >= 0.3 is 0 Å². The Bertz CT molecular complexity index is 1160. The van der Waals surface area contributed by atoms with E-state index in [4.69, 9.17) is 9.47 Å². The number of hydrogen-bond donors (Lipinski definition) is 0. The molecule has 0 fully saturated rings. The highest BCUT2D eigenvalue weighted by molar-refractivity contribution is 5.64. The number of rotatable bonds is 6. The average Bonchev–Trinajstić information content (AvgIpc) is 2.81. The maximum Gasteiger partial charge on any atom is 0.127 e. The van der Waals surface area contributed by atoms with Crippen LogP contribution in [0.2, 0.25) is 0 Å². The molecule has 0 radical (unpaired) electrons. The second kappa shape index (κ2) is 9.54. The van der Waals surface area contributed by atoms with Crippen molar-refractivity contribution < 1.29 is 9.47 Å². The van der Waals surface area contributed by atoms with Crippen molar-refractivity contribution in [1.82, 2.24) is 0 Å². The van der Waals surface area contributed by atoms with Crippen molar-refractivity contribution in [2.75, 3.05) is 0 Å². The number of ether oxygens (including phenoxy) is 2. The summed E-state index contributed by atoms with van der Waals surface area (Å²) >= 11 is 0. The topological polar surface area (TPSA) is 18.5 Å². The number of hydrogen-bond acceptors (Lipinski definition) is 2. The molecule has 0 amide bonds. The summed E-state index contributed by atoms with van der Waals surface area (Å²) in [4.78, 5) is 0. The predicted molar refractivity (Wildman–Crippen MR) is 138 cm³/mol. The van der Waals surface area contributed by atoms with Crippen LogP contribution in [0.15, 0.2) is 97.1 Å². The molecule has 0 saturated carbocycles. The van der Waals surface area contributed by atoms with Crippen molar-refractivity contribution in [3.63, 3.8) is 0 Å². The Hall–Kier alpha value is -3.52. The van der Waals surface area contributed by atoms with Gasteiger partial charge in [-0.15, -0.1) is 0 Å². The Labute approximate surface area is 197 Å². The molecule has 0 bridgehead atoms. The van der Waals surface area contributed by atoms with Crippen molar-refractivity contribution in [2.24, 2.45) is 0 Å². The van der Waals surface area contributed by atoms with Gasteiger partial charge in [-0.05, 0) is 82.1 Å². The molecule has 0 saturated heterocycles. The van der Waals surface area contributed by atoms with Gasteiger partial charge < -0.3 is 9.47 Å². The Kier molecular flexibility index (Phi) is 6.55. The lowest BCUT2D eigenvalue weighted by Crippen LogP contribution is -2.10. The minimum absolute atomic E-state index is 0.133. The van der Waals surface area contributed by atoms with Crippen LogP contribution < -0.4 is 9.47 Å². The Morgan fingerprint density at radius 3 is 1.18 bits per heavy atom. The highest BCUT2D eigenvalue weighted by Gasteiger charge is 2.13. The molecule has 0 aliphatic heterocycles. The van der Waals surface area contributed by atoms with Gasteiger partial charge in [-0.25, -0.2) is 0 Å². The molecule has 0 atom stereocenters. The SMILES string of the molecule is CC(C)c1ccc(-c2ccc(Oc3ccc(Oc4ccc(C(C)(C)C)cc4)cc3)cc2)cc1. The molecule has 0 N–H and O–H groups in total. The Morgan fingerprint density at radius 1 is 0.485 bits per heavy atom. The van der Waals surface area contributed by atoms with Gasteiger partial charge in [0.05, 0.1) is 0 Å². The summed E-state index contributed by atoms with van der Waals surface area (Å²) in [6.07, 6.45) is 0. The maximum atomic E-state index is 6.02. The second-order valence-corrected chi connectivity index (χ2v) is 9.75. The van der Waals surface area contributed by atoms with Crippen LogP contribution in [0, 0.1) is 0 Å². The van der Waals surface area contributed by atoms with Crippen LogP contribution in [-0.4, -0.2) is 0 Å². The third-order valence-corrected chi connectivity index (χ3v) is 5.78. The van der Waals surface area contributed by atoms with Gasteiger partial charge in [0.2, 0.25) is 0 Å². The normalized spacial score (nSPS) is 11.5. The van der Waals surface area contributed by atoms with E-state index < -0.39 is 0 Å². The van der Waals surface area contributed by atoms with E-state index in [9.17, 15) is 0 Å². The predicted octanol–water partition coefficient (Wildman–Crippen LogP) is 9.36. The average molecular weight is 437 g/mol. The minimum Gasteiger partial charge on any atom is -0.457 e. The summed E-state index contributed by atoms with van der Waals surface area (Å²) in [5, 5.41) is 0. The van der Waals surface area contributed by atoms with Crippen molar-refractivity contribution >= 4 is 0 Å². The third-order valence-electron chi connectivity index (χ3n) is 5.78. The molecular weight excluding hydrogens is 404 g/mol. The quantitative estimate of drug-likeness (QED) is 0.300. The van der Waals surface area contributed by atoms with E-state index in [1.807, 2.05) is 48.5 Å². The van der Waals surface area contributed by atoms with E-state index >= 15 is 0 Å². The van der Waals surface area contributed by atoms with E-state index in [1.54, 1.807) is 0 Å². The van der Waals surface area contributed by atoms with Gasteiger partial charge in [-0.2, -0.15) is 0 Å². The largest absolute Gasteiger partial charge is 0.457 e. The fraction of sp³-hybridized carbons (Fsp3) is 0.226. The zero-order valence-corrected chi connectivity index (χ0v) is 20.1. The molecule has 168 valence electrons. The van der Waals surface area contributed by atoms with E-state index in [-0.39, 0.29) is 5.41 Å². The molecule has 4 rings (SSSR count). The van der Waals surface area contributed by atoms with E-state index in [0.717, 1.165) is 23.0 Å². The zero-order valence-electron chi connectivity index (χ0n) is 20.1. The van der Waals surface area contributed by atoms with E-state index in [0.29, 0.717) is 5.92 Å². The van der Waals surface area contributed by atoms with E-state index in [1.165, 1.54) is 22.3 Å².